The number of hydrogen-bond acceptors (Lipinski definition) is 3. The molecule has 1 heterocycles. The van der Waals surface area contributed by atoms with Gasteiger partial charge in [-0.3, -0.25) is 14.4 Å². The number of nitrogens with one attached hydrogen (secondary N) is 1. The monoisotopic (exact) mass is 485 g/mol. The summed E-state index contributed by atoms with van der Waals surface area (Å²) in [6, 6.07) is 19.2. The molecule has 0 aromatic heterocycles. The Kier molecular flexibility index (Phi) is 8.04. The molecule has 1 N–H and O–H groups in total. The van der Waals surface area contributed by atoms with Crippen LogP contribution in [0.15, 0.2) is 60.7 Å². The first-order valence-electron chi connectivity index (χ1n) is 12.9. The molecular weight excluding hydrogens is 450 g/mol. The molecular formula is C30H35N3O3. The molecule has 0 fully saturated rings. The van der Waals surface area contributed by atoms with Crippen LogP contribution in [0.5, 0.6) is 0 Å². The van der Waals surface area contributed by atoms with Gasteiger partial charge < -0.3 is 15.1 Å². The summed E-state index contributed by atoms with van der Waals surface area (Å²) in [7, 11) is 0. The number of carbonyl (C=O) groups excluding carboxylic acids is 3. The molecule has 3 aromatic rings. The Morgan fingerprint density at radius 1 is 1.00 bits per heavy atom. The molecule has 0 saturated heterocycles. The van der Waals surface area contributed by atoms with Crippen molar-refractivity contribution in [3.05, 3.63) is 77.4 Å². The molecule has 6 heteroatoms. The average Bonchev–Trinajstić information content (AvgIpc) is 3.16. The van der Waals surface area contributed by atoms with E-state index in [9.17, 15) is 14.4 Å². The topological polar surface area (TPSA) is 69.7 Å². The smallest absolute Gasteiger partial charge is 0.258 e. The quantitative estimate of drug-likeness (QED) is 0.379. The zero-order valence-corrected chi connectivity index (χ0v) is 21.4. The van der Waals surface area contributed by atoms with Crippen LogP contribution in [0.3, 0.4) is 0 Å². The third-order valence-corrected chi connectivity index (χ3v) is 6.89. The van der Waals surface area contributed by atoms with Crippen LogP contribution < -0.4 is 10.2 Å². The minimum absolute atomic E-state index is 0.0190. The highest BCUT2D eigenvalue weighted by atomic mass is 16.2. The van der Waals surface area contributed by atoms with Gasteiger partial charge in [-0.2, -0.15) is 0 Å². The summed E-state index contributed by atoms with van der Waals surface area (Å²) in [6.45, 7) is 7.31. The van der Waals surface area contributed by atoms with Gasteiger partial charge in [0.2, 0.25) is 11.8 Å². The van der Waals surface area contributed by atoms with Crippen molar-refractivity contribution in [2.75, 3.05) is 18.0 Å². The molecule has 6 nitrogen and oxygen atoms in total. The summed E-state index contributed by atoms with van der Waals surface area (Å²) in [5.41, 5.74) is 3.75. The third kappa shape index (κ3) is 5.43. The minimum Gasteiger partial charge on any atom is -0.354 e. The number of amides is 3. The standard InChI is InChI=1S/C30H35N3O3/c1-4-5-18-31-29(35)22(3)33(20-23-16-14-21(2)15-17-23)27(34)13-8-19-32-26-12-7-10-24-9-6-11-25(28(24)26)30(32)36/h6-7,9-12,14-17,22H,4-5,8,13,18-20H2,1-3H3,(H,31,35)/t22-/m0/s1. The van der Waals surface area contributed by atoms with Crippen molar-refractivity contribution in [3.8, 4) is 0 Å². The Morgan fingerprint density at radius 2 is 1.72 bits per heavy atom. The van der Waals surface area contributed by atoms with Crippen molar-refractivity contribution in [3.63, 3.8) is 0 Å². The second-order valence-electron chi connectivity index (χ2n) is 9.57. The van der Waals surface area contributed by atoms with Crippen LogP contribution in [0.4, 0.5) is 5.69 Å². The van der Waals surface area contributed by atoms with Gasteiger partial charge in [0.05, 0.1) is 5.69 Å². The summed E-state index contributed by atoms with van der Waals surface area (Å²) >= 11 is 0. The highest BCUT2D eigenvalue weighted by Crippen LogP contribution is 2.37. The molecule has 0 saturated carbocycles. The maximum absolute atomic E-state index is 13.4. The average molecular weight is 486 g/mol. The predicted molar refractivity (Wildman–Crippen MR) is 144 cm³/mol. The number of benzene rings is 3. The van der Waals surface area contributed by atoms with E-state index < -0.39 is 6.04 Å². The summed E-state index contributed by atoms with van der Waals surface area (Å²) < 4.78 is 0. The fourth-order valence-electron chi connectivity index (χ4n) is 4.74. The van der Waals surface area contributed by atoms with Crippen molar-refractivity contribution >= 4 is 34.2 Å². The van der Waals surface area contributed by atoms with Crippen LogP contribution in [-0.4, -0.2) is 41.8 Å². The summed E-state index contributed by atoms with van der Waals surface area (Å²) in [6.07, 6.45) is 2.68. The summed E-state index contributed by atoms with van der Waals surface area (Å²) in [5.74, 6) is -0.244. The number of nitrogens with zero attached hydrogens (tertiary/aromatic N) is 2. The Bertz CT molecular complexity index is 1250. The van der Waals surface area contributed by atoms with Crippen molar-refractivity contribution in [2.45, 2.75) is 59.0 Å². The Balaban J connectivity index is 1.44. The molecule has 0 aliphatic carbocycles. The first-order chi connectivity index (χ1) is 17.4. The van der Waals surface area contributed by atoms with E-state index in [-0.39, 0.29) is 24.1 Å². The van der Waals surface area contributed by atoms with Crippen LogP contribution in [0.2, 0.25) is 0 Å². The third-order valence-electron chi connectivity index (χ3n) is 6.89. The van der Waals surface area contributed by atoms with Crippen LogP contribution >= 0.6 is 0 Å². The van der Waals surface area contributed by atoms with Gasteiger partial charge in [-0.25, -0.2) is 0 Å². The van der Waals surface area contributed by atoms with Crippen LogP contribution in [-0.2, 0) is 16.1 Å². The zero-order chi connectivity index (χ0) is 25.7. The lowest BCUT2D eigenvalue weighted by molar-refractivity contribution is -0.140. The molecule has 0 bridgehead atoms. The molecule has 1 aliphatic rings. The first kappa shape index (κ1) is 25.4. The predicted octanol–water partition coefficient (Wildman–Crippen LogP) is 5.22. The second kappa shape index (κ2) is 11.4. The van der Waals surface area contributed by atoms with Gasteiger partial charge in [-0.15, -0.1) is 0 Å². The van der Waals surface area contributed by atoms with E-state index in [2.05, 4.69) is 12.2 Å². The molecule has 3 amide bonds. The maximum atomic E-state index is 13.4. The SMILES string of the molecule is CCCCNC(=O)[C@H](C)N(Cc1ccc(C)cc1)C(=O)CCCN1C(=O)c2cccc3cccc1c23. The highest BCUT2D eigenvalue weighted by molar-refractivity contribution is 6.25. The second-order valence-corrected chi connectivity index (χ2v) is 9.57. The lowest BCUT2D eigenvalue weighted by Crippen LogP contribution is -2.47. The van der Waals surface area contributed by atoms with Gasteiger partial charge in [-0.1, -0.05) is 67.4 Å². The van der Waals surface area contributed by atoms with E-state index in [1.807, 2.05) is 67.6 Å². The van der Waals surface area contributed by atoms with Crippen molar-refractivity contribution < 1.29 is 14.4 Å². The van der Waals surface area contributed by atoms with Gasteiger partial charge in [-0.05, 0) is 49.8 Å². The molecule has 0 radical (unpaired) electrons. The molecule has 188 valence electrons. The van der Waals surface area contributed by atoms with E-state index in [0.29, 0.717) is 31.6 Å². The number of anilines is 1. The van der Waals surface area contributed by atoms with Crippen LogP contribution in [0, 0.1) is 6.92 Å². The van der Waals surface area contributed by atoms with Gasteiger partial charge >= 0.3 is 0 Å². The minimum atomic E-state index is -0.581. The van der Waals surface area contributed by atoms with E-state index in [0.717, 1.165) is 40.4 Å². The molecule has 1 atom stereocenters. The van der Waals surface area contributed by atoms with E-state index in [4.69, 9.17) is 0 Å². The molecule has 0 unspecified atom stereocenters. The van der Waals surface area contributed by atoms with Gasteiger partial charge in [0.1, 0.15) is 6.04 Å². The Labute approximate surface area is 213 Å². The highest BCUT2D eigenvalue weighted by Gasteiger charge is 2.30. The number of carbonyl (C=O) groups is 3. The van der Waals surface area contributed by atoms with Crippen molar-refractivity contribution in [1.82, 2.24) is 10.2 Å². The van der Waals surface area contributed by atoms with Crippen LogP contribution in [0.1, 0.15) is 61.0 Å². The fraction of sp³-hybridized carbons (Fsp3) is 0.367. The van der Waals surface area contributed by atoms with Gasteiger partial charge in [0.15, 0.2) is 0 Å². The number of hydrogen-bond donors (Lipinski definition) is 1. The molecule has 0 spiro atoms. The molecule has 36 heavy (non-hydrogen) atoms. The largest absolute Gasteiger partial charge is 0.354 e. The first-order valence-corrected chi connectivity index (χ1v) is 12.9. The normalized spacial score (nSPS) is 13.2. The summed E-state index contributed by atoms with van der Waals surface area (Å²) in [5, 5.41) is 4.98. The van der Waals surface area contributed by atoms with E-state index >= 15 is 0 Å². The molecule has 4 rings (SSSR count). The lowest BCUT2D eigenvalue weighted by Gasteiger charge is -2.29. The lowest BCUT2D eigenvalue weighted by atomic mass is 10.1. The van der Waals surface area contributed by atoms with Gasteiger partial charge in [0.25, 0.3) is 5.91 Å². The van der Waals surface area contributed by atoms with Crippen molar-refractivity contribution in [2.24, 2.45) is 0 Å². The Morgan fingerprint density at radius 3 is 2.44 bits per heavy atom. The fourth-order valence-corrected chi connectivity index (χ4v) is 4.74. The Hall–Kier alpha value is -3.67. The zero-order valence-electron chi connectivity index (χ0n) is 21.4. The number of rotatable bonds is 11. The molecule has 1 aliphatic heterocycles. The van der Waals surface area contributed by atoms with Crippen LogP contribution in [0.25, 0.3) is 10.8 Å². The van der Waals surface area contributed by atoms with Gasteiger partial charge in [0, 0.05) is 37.0 Å². The number of unbranched alkanes of at least 4 members (excludes halogenated alkanes) is 1. The summed E-state index contributed by atoms with van der Waals surface area (Å²) in [4.78, 5) is 42.7. The maximum Gasteiger partial charge on any atom is 0.258 e. The molecule has 3 aromatic carbocycles. The van der Waals surface area contributed by atoms with Crippen molar-refractivity contribution in [1.29, 1.82) is 0 Å². The van der Waals surface area contributed by atoms with E-state index in [1.54, 1.807) is 16.7 Å². The van der Waals surface area contributed by atoms with E-state index in [1.165, 1.54) is 0 Å². The number of aryl methyl sites for hydroxylation is 1.